The van der Waals surface area contributed by atoms with Crippen LogP contribution in [-0.4, -0.2) is 19.1 Å². The number of hydrogen-bond donors (Lipinski definition) is 0. The van der Waals surface area contributed by atoms with Gasteiger partial charge >= 0.3 is 6.18 Å². The van der Waals surface area contributed by atoms with Crippen LogP contribution < -0.4 is 4.74 Å². The van der Waals surface area contributed by atoms with Crippen molar-refractivity contribution in [3.63, 3.8) is 0 Å². The second-order valence-corrected chi connectivity index (χ2v) is 6.40. The molecular weight excluding hydrogens is 373 g/mol. The zero-order valence-corrected chi connectivity index (χ0v) is 14.6. The minimum atomic E-state index is -4.02. The summed E-state index contributed by atoms with van der Waals surface area (Å²) in [7, 11) is 0. The molecule has 0 amide bonds. The summed E-state index contributed by atoms with van der Waals surface area (Å²) in [6.45, 7) is 0.538. The van der Waals surface area contributed by atoms with Crippen molar-refractivity contribution >= 4 is 22.2 Å². The zero-order valence-electron chi connectivity index (χ0n) is 13.0. The van der Waals surface area contributed by atoms with Crippen LogP contribution in [0.25, 0.3) is 0 Å². The predicted octanol–water partition coefficient (Wildman–Crippen LogP) is 6.32. The molecule has 130 valence electrons. The van der Waals surface area contributed by atoms with E-state index in [1.807, 2.05) is 6.07 Å². The lowest BCUT2D eigenvalue weighted by atomic mass is 10.1. The maximum atomic E-state index is 11.9. The Morgan fingerprint density at radius 2 is 1.61 bits per heavy atom. The lowest BCUT2D eigenvalue weighted by molar-refractivity contribution is -0.135. The van der Waals surface area contributed by atoms with Gasteiger partial charge in [0, 0.05) is 10.9 Å². The second kappa shape index (κ2) is 10.7. The summed E-state index contributed by atoms with van der Waals surface area (Å²) in [4.78, 5) is 10.9. The fourth-order valence-corrected chi connectivity index (χ4v) is 2.62. The third-order valence-corrected chi connectivity index (χ3v) is 3.95. The highest BCUT2D eigenvalue weighted by atomic mass is 79.9. The number of carbonyl (C=O) groups excluding carboxylic acids is 1. The monoisotopic (exact) mass is 394 g/mol. The number of hydrogen-bond acceptors (Lipinski definition) is 2. The third kappa shape index (κ3) is 9.64. The summed E-state index contributed by atoms with van der Waals surface area (Å²) < 4.78 is 42.3. The quantitative estimate of drug-likeness (QED) is 0.324. The van der Waals surface area contributed by atoms with E-state index >= 15 is 0 Å². The first-order valence-corrected chi connectivity index (χ1v) is 8.66. The highest BCUT2D eigenvalue weighted by Crippen LogP contribution is 2.23. The molecule has 6 heteroatoms. The first-order chi connectivity index (χ1) is 10.9. The Morgan fingerprint density at radius 1 is 1.00 bits per heavy atom. The summed E-state index contributed by atoms with van der Waals surface area (Å²) in [6, 6.07) is 5.29. The molecule has 0 aliphatic heterocycles. The smallest absolute Gasteiger partial charge is 0.389 e. The van der Waals surface area contributed by atoms with E-state index in [1.54, 1.807) is 12.1 Å². The van der Waals surface area contributed by atoms with Gasteiger partial charge in [0.25, 0.3) is 0 Å². The molecule has 0 N–H and O–H groups in total. The first kappa shape index (κ1) is 20.0. The molecule has 1 rings (SSSR count). The van der Waals surface area contributed by atoms with Crippen molar-refractivity contribution < 1.29 is 22.7 Å². The van der Waals surface area contributed by atoms with Crippen molar-refractivity contribution in [2.24, 2.45) is 0 Å². The predicted molar refractivity (Wildman–Crippen MR) is 88.0 cm³/mol. The van der Waals surface area contributed by atoms with Crippen molar-refractivity contribution in [3.8, 4) is 5.75 Å². The molecule has 0 spiro atoms. The molecule has 0 unspecified atom stereocenters. The van der Waals surface area contributed by atoms with Crippen LogP contribution in [0.2, 0.25) is 0 Å². The summed E-state index contributed by atoms with van der Waals surface area (Å²) in [5.41, 5.74) is 0.518. The molecule has 0 aliphatic carbocycles. The van der Waals surface area contributed by atoms with Gasteiger partial charge in [-0.2, -0.15) is 13.2 Å². The lowest BCUT2D eigenvalue weighted by Crippen LogP contribution is -2.06. The van der Waals surface area contributed by atoms with Crippen molar-refractivity contribution in [3.05, 3.63) is 28.2 Å². The Morgan fingerprint density at radius 3 is 2.22 bits per heavy atom. The van der Waals surface area contributed by atoms with E-state index in [-0.39, 0.29) is 6.42 Å². The number of rotatable bonds is 11. The van der Waals surface area contributed by atoms with E-state index in [1.165, 1.54) is 0 Å². The summed E-state index contributed by atoms with van der Waals surface area (Å²) in [6.07, 6.45) is 1.58. The van der Waals surface area contributed by atoms with Crippen LogP contribution in [0.1, 0.15) is 61.7 Å². The molecule has 0 aliphatic rings. The Hall–Kier alpha value is -1.04. The molecule has 0 radical (unpaired) electrons. The van der Waals surface area contributed by atoms with Gasteiger partial charge in [-0.15, -0.1) is 0 Å². The molecule has 0 saturated heterocycles. The third-order valence-electron chi connectivity index (χ3n) is 3.46. The molecule has 0 saturated carbocycles. The number of carbonyl (C=O) groups is 1. The number of alkyl halides is 3. The number of halogens is 4. The SMILES string of the molecule is O=Cc1cc(Br)ccc1OCCCCCCCCCC(F)(F)F. The topological polar surface area (TPSA) is 26.3 Å². The summed E-state index contributed by atoms with van der Waals surface area (Å²) in [5.74, 6) is 0.579. The van der Waals surface area contributed by atoms with Crippen LogP contribution in [0.15, 0.2) is 22.7 Å². The van der Waals surface area contributed by atoms with E-state index in [0.29, 0.717) is 24.3 Å². The molecule has 0 aromatic heterocycles. The number of benzene rings is 1. The highest BCUT2D eigenvalue weighted by molar-refractivity contribution is 9.10. The van der Waals surface area contributed by atoms with Crippen molar-refractivity contribution in [2.75, 3.05) is 6.61 Å². The normalized spacial score (nSPS) is 11.5. The maximum absolute atomic E-state index is 11.9. The minimum Gasteiger partial charge on any atom is -0.493 e. The van der Waals surface area contributed by atoms with Gasteiger partial charge in [0.1, 0.15) is 5.75 Å². The van der Waals surface area contributed by atoms with Crippen molar-refractivity contribution in [1.82, 2.24) is 0 Å². The Bertz CT molecular complexity index is 475. The molecule has 0 heterocycles. The number of aldehydes is 1. The zero-order chi connectivity index (χ0) is 17.1. The van der Waals surface area contributed by atoms with Gasteiger partial charge in [0.05, 0.1) is 12.2 Å². The Kier molecular flexibility index (Phi) is 9.29. The average Bonchev–Trinajstić information content (AvgIpc) is 2.49. The van der Waals surface area contributed by atoms with E-state index < -0.39 is 12.6 Å². The second-order valence-electron chi connectivity index (χ2n) is 5.49. The van der Waals surface area contributed by atoms with Crippen molar-refractivity contribution in [1.29, 1.82) is 0 Å². The summed E-state index contributed by atoms with van der Waals surface area (Å²) in [5, 5.41) is 0. The molecule has 23 heavy (non-hydrogen) atoms. The molecule has 0 bridgehead atoms. The van der Waals surface area contributed by atoms with Crippen LogP contribution in [0.4, 0.5) is 13.2 Å². The van der Waals surface area contributed by atoms with E-state index in [9.17, 15) is 18.0 Å². The van der Waals surface area contributed by atoms with Gasteiger partial charge in [0.15, 0.2) is 6.29 Å². The maximum Gasteiger partial charge on any atom is 0.389 e. The molecular formula is C17H22BrF3O2. The van der Waals surface area contributed by atoms with Crippen LogP contribution in [0.3, 0.4) is 0 Å². The van der Waals surface area contributed by atoms with E-state index in [2.05, 4.69) is 15.9 Å². The van der Waals surface area contributed by atoms with Gasteiger partial charge in [-0.3, -0.25) is 4.79 Å². The summed E-state index contributed by atoms with van der Waals surface area (Å²) >= 11 is 3.30. The van der Waals surface area contributed by atoms with Crippen LogP contribution in [-0.2, 0) is 0 Å². The van der Waals surface area contributed by atoms with E-state index in [4.69, 9.17) is 4.74 Å². The Labute approximate surface area is 143 Å². The average molecular weight is 395 g/mol. The molecule has 0 fully saturated rings. The molecule has 1 aromatic carbocycles. The van der Waals surface area contributed by atoms with Gasteiger partial charge in [-0.1, -0.05) is 48.0 Å². The number of ether oxygens (including phenoxy) is 1. The van der Waals surface area contributed by atoms with Crippen LogP contribution in [0, 0.1) is 0 Å². The van der Waals surface area contributed by atoms with Gasteiger partial charge < -0.3 is 4.74 Å². The lowest BCUT2D eigenvalue weighted by Gasteiger charge is -2.09. The van der Waals surface area contributed by atoms with Crippen LogP contribution >= 0.6 is 15.9 Å². The van der Waals surface area contributed by atoms with E-state index in [0.717, 1.165) is 42.9 Å². The largest absolute Gasteiger partial charge is 0.493 e. The number of unbranched alkanes of at least 4 members (excludes halogenated alkanes) is 6. The van der Waals surface area contributed by atoms with Crippen LogP contribution in [0.5, 0.6) is 5.75 Å². The van der Waals surface area contributed by atoms with Gasteiger partial charge in [-0.25, -0.2) is 0 Å². The first-order valence-electron chi connectivity index (χ1n) is 7.86. The van der Waals surface area contributed by atoms with Gasteiger partial charge in [-0.05, 0) is 31.0 Å². The fourth-order valence-electron chi connectivity index (χ4n) is 2.24. The highest BCUT2D eigenvalue weighted by Gasteiger charge is 2.25. The van der Waals surface area contributed by atoms with Gasteiger partial charge in [0.2, 0.25) is 0 Å². The Balaban J connectivity index is 2.03. The fraction of sp³-hybridized carbons (Fsp3) is 0.588. The molecule has 2 nitrogen and oxygen atoms in total. The standard InChI is InChI=1S/C17H22BrF3O2/c18-15-8-9-16(14(12-15)13-22)23-11-7-5-3-1-2-4-6-10-17(19,20)21/h8-9,12-13H,1-7,10-11H2. The van der Waals surface area contributed by atoms with Crippen molar-refractivity contribution in [2.45, 2.75) is 57.5 Å². The minimum absolute atomic E-state index is 0.227. The molecule has 0 atom stereocenters. The molecule has 1 aromatic rings.